The first kappa shape index (κ1) is 15.4. The van der Waals surface area contributed by atoms with E-state index in [2.05, 4.69) is 0 Å². The lowest BCUT2D eigenvalue weighted by atomic mass is 10.00. The first-order chi connectivity index (χ1) is 10.0. The van der Waals surface area contributed by atoms with Gasteiger partial charge in [0.25, 0.3) is 6.43 Å². The van der Waals surface area contributed by atoms with Gasteiger partial charge in [-0.05, 0) is 17.2 Å². The third-order valence-corrected chi connectivity index (χ3v) is 3.25. The molecule has 0 aliphatic carbocycles. The number of aliphatic hydroxyl groups is 1. The molecule has 1 unspecified atom stereocenters. The fourth-order valence-electron chi connectivity index (χ4n) is 2.06. The molecule has 112 valence electrons. The van der Waals surface area contributed by atoms with E-state index in [-0.39, 0.29) is 17.7 Å². The average molecular weight is 296 g/mol. The smallest absolute Gasteiger partial charge is 0.263 e. The second-order valence-corrected chi connectivity index (χ2v) is 4.62. The Kier molecular flexibility index (Phi) is 4.85. The van der Waals surface area contributed by atoms with Gasteiger partial charge in [-0.2, -0.15) is 0 Å². The van der Waals surface area contributed by atoms with E-state index in [1.807, 2.05) is 0 Å². The molecule has 0 aliphatic rings. The quantitative estimate of drug-likeness (QED) is 0.902. The molecule has 2 rings (SSSR count). The summed E-state index contributed by atoms with van der Waals surface area (Å²) in [5, 5.41) is 10.1. The maximum atomic E-state index is 14.0. The van der Waals surface area contributed by atoms with Crippen LogP contribution in [0.3, 0.4) is 0 Å². The van der Waals surface area contributed by atoms with Crippen molar-refractivity contribution in [2.75, 3.05) is 7.11 Å². The van der Waals surface area contributed by atoms with Crippen LogP contribution in [-0.2, 0) is 6.42 Å². The minimum Gasteiger partial charge on any atom is -0.494 e. The van der Waals surface area contributed by atoms with E-state index in [0.29, 0.717) is 11.1 Å². The molecule has 0 saturated carbocycles. The summed E-state index contributed by atoms with van der Waals surface area (Å²) in [5.74, 6) is -0.420. The second-order valence-electron chi connectivity index (χ2n) is 4.62. The van der Waals surface area contributed by atoms with E-state index in [4.69, 9.17) is 4.74 Å². The van der Waals surface area contributed by atoms with Gasteiger partial charge in [-0.3, -0.25) is 0 Å². The lowest BCUT2D eigenvalue weighted by Crippen LogP contribution is -2.04. The molecule has 0 aliphatic heterocycles. The Labute approximate surface area is 120 Å². The number of rotatable bonds is 5. The number of methoxy groups -OCH3 is 1. The van der Waals surface area contributed by atoms with Crippen LogP contribution in [0.4, 0.5) is 13.2 Å². The fourth-order valence-corrected chi connectivity index (χ4v) is 2.06. The van der Waals surface area contributed by atoms with Gasteiger partial charge in [-0.15, -0.1) is 0 Å². The Hall–Kier alpha value is -2.01. The molecule has 2 nitrogen and oxygen atoms in total. The molecule has 0 spiro atoms. The van der Waals surface area contributed by atoms with Gasteiger partial charge in [0.2, 0.25) is 0 Å². The van der Waals surface area contributed by atoms with Crippen molar-refractivity contribution in [1.82, 2.24) is 0 Å². The lowest BCUT2D eigenvalue weighted by Gasteiger charge is -2.13. The zero-order chi connectivity index (χ0) is 15.4. The monoisotopic (exact) mass is 296 g/mol. The second kappa shape index (κ2) is 6.63. The summed E-state index contributed by atoms with van der Waals surface area (Å²) in [5.41, 5.74) is 0.653. The number of halogens is 3. The number of hydrogen-bond acceptors (Lipinski definition) is 2. The van der Waals surface area contributed by atoms with Gasteiger partial charge in [0, 0.05) is 12.0 Å². The normalized spacial score (nSPS) is 12.5. The third-order valence-electron chi connectivity index (χ3n) is 3.25. The summed E-state index contributed by atoms with van der Waals surface area (Å²) >= 11 is 0. The fraction of sp³-hybridized carbons (Fsp3) is 0.250. The van der Waals surface area contributed by atoms with Crippen molar-refractivity contribution in [3.63, 3.8) is 0 Å². The Morgan fingerprint density at radius 1 is 1.05 bits per heavy atom. The summed E-state index contributed by atoms with van der Waals surface area (Å²) in [6, 6.07) is 10.0. The lowest BCUT2D eigenvalue weighted by molar-refractivity contribution is 0.151. The molecule has 1 atom stereocenters. The third kappa shape index (κ3) is 3.55. The Morgan fingerprint density at radius 2 is 1.67 bits per heavy atom. The van der Waals surface area contributed by atoms with Crippen molar-refractivity contribution in [2.45, 2.75) is 19.0 Å². The van der Waals surface area contributed by atoms with E-state index in [1.165, 1.54) is 37.4 Å². The van der Waals surface area contributed by atoms with Crippen LogP contribution in [-0.4, -0.2) is 12.2 Å². The molecule has 5 heteroatoms. The van der Waals surface area contributed by atoms with Crippen molar-refractivity contribution < 1.29 is 23.0 Å². The topological polar surface area (TPSA) is 29.5 Å². The summed E-state index contributed by atoms with van der Waals surface area (Å²) in [7, 11) is 1.36. The highest BCUT2D eigenvalue weighted by molar-refractivity contribution is 5.33. The van der Waals surface area contributed by atoms with Gasteiger partial charge in [-0.1, -0.05) is 36.4 Å². The van der Waals surface area contributed by atoms with Crippen LogP contribution >= 0.6 is 0 Å². The minimum absolute atomic E-state index is 0.0387. The Morgan fingerprint density at radius 3 is 2.24 bits per heavy atom. The van der Waals surface area contributed by atoms with Crippen molar-refractivity contribution in [1.29, 1.82) is 0 Å². The number of ether oxygens (including phenoxy) is 1. The summed E-state index contributed by atoms with van der Waals surface area (Å²) < 4.78 is 43.8. The SMILES string of the molecule is COc1cccc(CC(O)c2ccc(C(F)F)cc2)c1F. The van der Waals surface area contributed by atoms with E-state index in [0.717, 1.165) is 0 Å². The van der Waals surface area contributed by atoms with Crippen LogP contribution in [0.25, 0.3) is 0 Å². The van der Waals surface area contributed by atoms with E-state index in [9.17, 15) is 18.3 Å². The number of alkyl halides is 2. The van der Waals surface area contributed by atoms with Crippen LogP contribution < -0.4 is 4.74 Å². The van der Waals surface area contributed by atoms with Crippen LogP contribution in [0.5, 0.6) is 5.75 Å². The molecule has 0 saturated heterocycles. The molecule has 0 heterocycles. The Balaban J connectivity index is 2.16. The summed E-state index contributed by atoms with van der Waals surface area (Å²) in [6.07, 6.45) is -3.48. The van der Waals surface area contributed by atoms with Crippen molar-refractivity contribution in [3.8, 4) is 5.75 Å². The molecule has 2 aromatic rings. The van der Waals surface area contributed by atoms with E-state index >= 15 is 0 Å². The molecular formula is C16H15F3O2. The van der Waals surface area contributed by atoms with Crippen molar-refractivity contribution in [2.24, 2.45) is 0 Å². The van der Waals surface area contributed by atoms with Gasteiger partial charge in [0.05, 0.1) is 13.2 Å². The molecule has 0 bridgehead atoms. The Bertz CT molecular complexity index is 597. The standard InChI is InChI=1S/C16H15F3O2/c1-21-14-4-2-3-12(15(14)17)9-13(20)10-5-7-11(8-6-10)16(18)19/h2-8,13,16,20H,9H2,1H3. The van der Waals surface area contributed by atoms with Gasteiger partial charge in [0.15, 0.2) is 11.6 Å². The van der Waals surface area contributed by atoms with Crippen LogP contribution in [0, 0.1) is 5.82 Å². The van der Waals surface area contributed by atoms with Crippen LogP contribution in [0.1, 0.15) is 29.2 Å². The van der Waals surface area contributed by atoms with Crippen LogP contribution in [0.2, 0.25) is 0 Å². The highest BCUT2D eigenvalue weighted by Gasteiger charge is 2.15. The van der Waals surface area contributed by atoms with E-state index in [1.54, 1.807) is 12.1 Å². The largest absolute Gasteiger partial charge is 0.494 e. The van der Waals surface area contributed by atoms with Gasteiger partial charge in [-0.25, -0.2) is 13.2 Å². The minimum atomic E-state index is -2.55. The van der Waals surface area contributed by atoms with Gasteiger partial charge >= 0.3 is 0 Å². The average Bonchev–Trinajstić information content (AvgIpc) is 2.49. The van der Waals surface area contributed by atoms with E-state index < -0.39 is 18.3 Å². The van der Waals surface area contributed by atoms with Gasteiger partial charge in [0.1, 0.15) is 0 Å². The maximum Gasteiger partial charge on any atom is 0.263 e. The van der Waals surface area contributed by atoms with Gasteiger partial charge < -0.3 is 9.84 Å². The predicted molar refractivity (Wildman–Crippen MR) is 73.0 cm³/mol. The molecule has 2 aromatic carbocycles. The first-order valence-electron chi connectivity index (χ1n) is 6.40. The number of hydrogen-bond donors (Lipinski definition) is 1. The zero-order valence-electron chi connectivity index (χ0n) is 11.4. The van der Waals surface area contributed by atoms with Crippen molar-refractivity contribution >= 4 is 0 Å². The van der Waals surface area contributed by atoms with Crippen LogP contribution in [0.15, 0.2) is 42.5 Å². The molecular weight excluding hydrogens is 281 g/mol. The molecule has 1 N–H and O–H groups in total. The van der Waals surface area contributed by atoms with Crippen molar-refractivity contribution in [3.05, 3.63) is 65.0 Å². The molecule has 21 heavy (non-hydrogen) atoms. The predicted octanol–water partition coefficient (Wildman–Crippen LogP) is 4.05. The summed E-state index contributed by atoms with van der Waals surface area (Å²) in [6.45, 7) is 0. The highest BCUT2D eigenvalue weighted by Crippen LogP contribution is 2.26. The highest BCUT2D eigenvalue weighted by atomic mass is 19.3. The molecule has 0 amide bonds. The molecule has 0 radical (unpaired) electrons. The number of benzene rings is 2. The number of aliphatic hydroxyl groups excluding tert-OH is 1. The first-order valence-corrected chi connectivity index (χ1v) is 6.40. The molecule has 0 fully saturated rings. The summed E-state index contributed by atoms with van der Waals surface area (Å²) in [4.78, 5) is 0. The maximum absolute atomic E-state index is 14.0. The zero-order valence-corrected chi connectivity index (χ0v) is 11.4. The molecule has 0 aromatic heterocycles.